The van der Waals surface area contributed by atoms with Crippen molar-refractivity contribution in [2.75, 3.05) is 0 Å². The van der Waals surface area contributed by atoms with Gasteiger partial charge in [-0.2, -0.15) is 0 Å². The fraction of sp³-hybridized carbons (Fsp3) is 0.385. The lowest BCUT2D eigenvalue weighted by molar-refractivity contribution is 0.502. The maximum atomic E-state index is 13.7. The Bertz CT molecular complexity index is 374. The summed E-state index contributed by atoms with van der Waals surface area (Å²) in [6.45, 7) is 5.20. The molecule has 0 aliphatic carbocycles. The summed E-state index contributed by atoms with van der Waals surface area (Å²) < 4.78 is 27.1. The summed E-state index contributed by atoms with van der Waals surface area (Å²) in [5, 5.41) is 0. The summed E-state index contributed by atoms with van der Waals surface area (Å²) in [4.78, 5) is 0. The first-order valence-corrected chi connectivity index (χ1v) is 5.39. The van der Waals surface area contributed by atoms with Crippen LogP contribution in [0.15, 0.2) is 24.8 Å². The lowest BCUT2D eigenvalue weighted by atomic mass is 9.99. The molecule has 1 aromatic carbocycles. The van der Waals surface area contributed by atoms with Crippen LogP contribution < -0.4 is 5.73 Å². The molecule has 0 fully saturated rings. The predicted octanol–water partition coefficient (Wildman–Crippen LogP) is 3.63. The fourth-order valence-corrected chi connectivity index (χ4v) is 1.64. The first-order valence-electron chi connectivity index (χ1n) is 5.39. The van der Waals surface area contributed by atoms with E-state index in [1.54, 1.807) is 13.0 Å². The van der Waals surface area contributed by atoms with E-state index in [0.717, 1.165) is 12.8 Å². The van der Waals surface area contributed by atoms with Crippen molar-refractivity contribution in [1.29, 1.82) is 0 Å². The van der Waals surface area contributed by atoms with E-state index in [-0.39, 0.29) is 5.56 Å². The van der Waals surface area contributed by atoms with Gasteiger partial charge in [-0.15, -0.1) is 6.58 Å². The second-order valence-corrected chi connectivity index (χ2v) is 3.92. The van der Waals surface area contributed by atoms with E-state index in [4.69, 9.17) is 5.73 Å². The number of rotatable bonds is 5. The molecular formula is C13H17F2N. The van der Waals surface area contributed by atoms with Gasteiger partial charge in [0.25, 0.3) is 0 Å². The van der Waals surface area contributed by atoms with E-state index < -0.39 is 17.7 Å². The molecule has 0 amide bonds. The van der Waals surface area contributed by atoms with Crippen LogP contribution in [0.2, 0.25) is 0 Å². The molecule has 0 aliphatic rings. The van der Waals surface area contributed by atoms with Gasteiger partial charge < -0.3 is 5.73 Å². The van der Waals surface area contributed by atoms with Gasteiger partial charge in [0.15, 0.2) is 0 Å². The van der Waals surface area contributed by atoms with Crippen molar-refractivity contribution in [1.82, 2.24) is 0 Å². The van der Waals surface area contributed by atoms with Crippen LogP contribution in [-0.2, 0) is 0 Å². The highest BCUT2D eigenvalue weighted by Crippen LogP contribution is 2.25. The van der Waals surface area contributed by atoms with Crippen LogP contribution >= 0.6 is 0 Å². The third-order valence-corrected chi connectivity index (χ3v) is 2.61. The van der Waals surface area contributed by atoms with Gasteiger partial charge in [-0.1, -0.05) is 12.1 Å². The van der Waals surface area contributed by atoms with Gasteiger partial charge in [-0.3, -0.25) is 0 Å². The van der Waals surface area contributed by atoms with Crippen LogP contribution in [0.4, 0.5) is 8.78 Å². The van der Waals surface area contributed by atoms with E-state index in [9.17, 15) is 8.78 Å². The molecular weight excluding hydrogens is 208 g/mol. The molecule has 0 saturated heterocycles. The Morgan fingerprint density at radius 2 is 2.12 bits per heavy atom. The maximum absolute atomic E-state index is 13.7. The molecule has 0 heterocycles. The van der Waals surface area contributed by atoms with Gasteiger partial charge in [0, 0.05) is 11.6 Å². The average molecular weight is 225 g/mol. The van der Waals surface area contributed by atoms with Crippen LogP contribution in [0.1, 0.15) is 36.4 Å². The standard InChI is InChI=1S/C13H17F2N/c1-3-4-5-6-11(16)12-10(14)8-7-9(2)13(12)15/h3,7-8,11H,1,4-6,16H2,2H3. The van der Waals surface area contributed by atoms with E-state index in [1.165, 1.54) is 12.1 Å². The zero-order valence-corrected chi connectivity index (χ0v) is 9.47. The van der Waals surface area contributed by atoms with Crippen molar-refractivity contribution >= 4 is 0 Å². The largest absolute Gasteiger partial charge is 0.324 e. The molecule has 16 heavy (non-hydrogen) atoms. The molecule has 0 radical (unpaired) electrons. The average Bonchev–Trinajstić information content (AvgIpc) is 2.24. The second kappa shape index (κ2) is 5.75. The lowest BCUT2D eigenvalue weighted by Crippen LogP contribution is -2.15. The smallest absolute Gasteiger partial charge is 0.133 e. The van der Waals surface area contributed by atoms with Crippen LogP contribution in [0, 0.1) is 18.6 Å². The van der Waals surface area contributed by atoms with Crippen LogP contribution in [-0.4, -0.2) is 0 Å². The highest BCUT2D eigenvalue weighted by atomic mass is 19.1. The van der Waals surface area contributed by atoms with Crippen molar-refractivity contribution in [2.45, 2.75) is 32.2 Å². The molecule has 0 saturated carbocycles. The lowest BCUT2D eigenvalue weighted by Gasteiger charge is -2.14. The van der Waals surface area contributed by atoms with Gasteiger partial charge in [-0.05, 0) is 37.8 Å². The first kappa shape index (κ1) is 12.8. The number of unbranched alkanes of at least 4 members (excludes halogenated alkanes) is 1. The fourth-order valence-electron chi connectivity index (χ4n) is 1.64. The number of halogens is 2. The highest BCUT2D eigenvalue weighted by Gasteiger charge is 2.17. The Labute approximate surface area is 95.0 Å². The third kappa shape index (κ3) is 2.89. The number of nitrogens with two attached hydrogens (primary N) is 1. The molecule has 0 bridgehead atoms. The Morgan fingerprint density at radius 1 is 1.44 bits per heavy atom. The minimum atomic E-state index is -0.583. The van der Waals surface area contributed by atoms with Crippen molar-refractivity contribution in [3.63, 3.8) is 0 Å². The quantitative estimate of drug-likeness (QED) is 0.601. The normalized spacial score (nSPS) is 12.5. The number of aryl methyl sites for hydroxylation is 1. The minimum absolute atomic E-state index is 0.00376. The molecule has 0 aliphatic heterocycles. The molecule has 88 valence electrons. The first-order chi connectivity index (χ1) is 7.57. The Hall–Kier alpha value is -1.22. The summed E-state index contributed by atoms with van der Waals surface area (Å²) >= 11 is 0. The molecule has 1 aromatic rings. The van der Waals surface area contributed by atoms with Gasteiger partial charge in [0.1, 0.15) is 11.6 Å². The van der Waals surface area contributed by atoms with Crippen LogP contribution in [0.5, 0.6) is 0 Å². The molecule has 1 rings (SSSR count). The molecule has 0 aromatic heterocycles. The Kier molecular flexibility index (Phi) is 4.62. The topological polar surface area (TPSA) is 26.0 Å². The van der Waals surface area contributed by atoms with Gasteiger partial charge in [0.2, 0.25) is 0 Å². The predicted molar refractivity (Wildman–Crippen MR) is 62.1 cm³/mol. The zero-order chi connectivity index (χ0) is 12.1. The highest BCUT2D eigenvalue weighted by molar-refractivity contribution is 5.28. The summed E-state index contributed by atoms with van der Waals surface area (Å²) in [5.41, 5.74) is 6.22. The van der Waals surface area contributed by atoms with Crippen LogP contribution in [0.3, 0.4) is 0 Å². The van der Waals surface area contributed by atoms with Crippen molar-refractivity contribution in [3.8, 4) is 0 Å². The molecule has 1 atom stereocenters. The van der Waals surface area contributed by atoms with Crippen LogP contribution in [0.25, 0.3) is 0 Å². The number of benzene rings is 1. The van der Waals surface area contributed by atoms with Crippen molar-refractivity contribution in [3.05, 3.63) is 47.5 Å². The van der Waals surface area contributed by atoms with Gasteiger partial charge >= 0.3 is 0 Å². The zero-order valence-electron chi connectivity index (χ0n) is 9.47. The summed E-state index contributed by atoms with van der Waals surface area (Å²) in [6, 6.07) is 2.10. The minimum Gasteiger partial charge on any atom is -0.324 e. The molecule has 1 nitrogen and oxygen atoms in total. The van der Waals surface area contributed by atoms with E-state index in [2.05, 4.69) is 6.58 Å². The van der Waals surface area contributed by atoms with E-state index >= 15 is 0 Å². The monoisotopic (exact) mass is 225 g/mol. The van der Waals surface area contributed by atoms with Gasteiger partial charge in [-0.25, -0.2) is 8.78 Å². The number of allylic oxidation sites excluding steroid dienone is 1. The molecule has 2 N–H and O–H groups in total. The Balaban J connectivity index is 2.85. The van der Waals surface area contributed by atoms with Gasteiger partial charge in [0.05, 0.1) is 0 Å². The summed E-state index contributed by atoms with van der Waals surface area (Å²) in [6.07, 6.45) is 3.93. The SMILES string of the molecule is C=CCCCC(N)c1c(F)ccc(C)c1F. The van der Waals surface area contributed by atoms with Crippen molar-refractivity contribution in [2.24, 2.45) is 5.73 Å². The second-order valence-electron chi connectivity index (χ2n) is 3.92. The van der Waals surface area contributed by atoms with E-state index in [0.29, 0.717) is 12.0 Å². The summed E-state index contributed by atoms with van der Waals surface area (Å²) in [5.74, 6) is -1.08. The third-order valence-electron chi connectivity index (χ3n) is 2.61. The van der Waals surface area contributed by atoms with E-state index in [1.807, 2.05) is 0 Å². The van der Waals surface area contributed by atoms with Crippen molar-refractivity contribution < 1.29 is 8.78 Å². The maximum Gasteiger partial charge on any atom is 0.133 e. The molecule has 0 spiro atoms. The number of hydrogen-bond acceptors (Lipinski definition) is 1. The molecule has 1 unspecified atom stereocenters. The number of hydrogen-bond donors (Lipinski definition) is 1. The summed E-state index contributed by atoms with van der Waals surface area (Å²) in [7, 11) is 0. The Morgan fingerprint density at radius 3 is 2.75 bits per heavy atom. The molecule has 3 heteroatoms.